The van der Waals surface area contributed by atoms with Gasteiger partial charge in [0, 0.05) is 17.8 Å². The van der Waals surface area contributed by atoms with Crippen molar-refractivity contribution in [2.24, 2.45) is 5.73 Å². The molecule has 1 amide bonds. The third-order valence-corrected chi connectivity index (χ3v) is 4.07. The van der Waals surface area contributed by atoms with Crippen molar-refractivity contribution in [3.8, 4) is 0 Å². The average Bonchev–Trinajstić information content (AvgIpc) is 2.64. The number of nitrogens with two attached hydrogens (primary N) is 1. The van der Waals surface area contributed by atoms with Gasteiger partial charge in [-0.2, -0.15) is 11.8 Å². The minimum absolute atomic E-state index is 0.0666. The van der Waals surface area contributed by atoms with Crippen LogP contribution in [-0.2, 0) is 4.79 Å². The van der Waals surface area contributed by atoms with Crippen molar-refractivity contribution < 1.29 is 4.79 Å². The lowest BCUT2D eigenvalue weighted by Crippen LogP contribution is -2.53. The van der Waals surface area contributed by atoms with Crippen molar-refractivity contribution in [2.45, 2.75) is 12.0 Å². The molecule has 1 aliphatic rings. The maximum atomic E-state index is 11.1. The largest absolute Gasteiger partial charge is 0.353 e. The highest BCUT2D eigenvalue weighted by molar-refractivity contribution is 7.99. The molecule has 1 rings (SSSR count). The van der Waals surface area contributed by atoms with Gasteiger partial charge >= 0.3 is 0 Å². The van der Waals surface area contributed by atoms with Crippen LogP contribution in [0.1, 0.15) is 6.42 Å². The van der Waals surface area contributed by atoms with E-state index >= 15 is 0 Å². The number of carbonyl (C=O) groups excluding carboxylic acids is 1. The van der Waals surface area contributed by atoms with Crippen molar-refractivity contribution >= 4 is 17.7 Å². The molecule has 0 aromatic heterocycles. The number of nitrogens with zero attached hydrogens (tertiary/aromatic N) is 1. The van der Waals surface area contributed by atoms with E-state index in [4.69, 9.17) is 5.73 Å². The van der Waals surface area contributed by atoms with E-state index in [0.29, 0.717) is 6.54 Å². The van der Waals surface area contributed by atoms with Gasteiger partial charge in [0.2, 0.25) is 5.91 Å². The second-order valence-corrected chi connectivity index (χ2v) is 5.01. The number of amides is 1. The minimum Gasteiger partial charge on any atom is -0.353 e. The second kappa shape index (κ2) is 5.00. The Balaban J connectivity index is 2.48. The van der Waals surface area contributed by atoms with Gasteiger partial charge in [0.1, 0.15) is 0 Å². The summed E-state index contributed by atoms with van der Waals surface area (Å²) >= 11 is 1.94. The molecule has 1 fully saturated rings. The van der Waals surface area contributed by atoms with Gasteiger partial charge < -0.3 is 16.0 Å². The highest BCUT2D eigenvalue weighted by atomic mass is 32.2. The minimum atomic E-state index is -0.0666. The molecular formula is C9H19N3OS. The van der Waals surface area contributed by atoms with Gasteiger partial charge in [-0.05, 0) is 26.3 Å². The molecule has 1 atom stereocenters. The van der Waals surface area contributed by atoms with Gasteiger partial charge in [0.05, 0.1) is 6.54 Å². The lowest BCUT2D eigenvalue weighted by molar-refractivity contribution is -0.120. The van der Waals surface area contributed by atoms with Gasteiger partial charge in [0.15, 0.2) is 0 Å². The van der Waals surface area contributed by atoms with Crippen LogP contribution in [0, 0.1) is 0 Å². The molecule has 0 radical (unpaired) electrons. The van der Waals surface area contributed by atoms with Crippen molar-refractivity contribution in [3.63, 3.8) is 0 Å². The Morgan fingerprint density at radius 1 is 1.64 bits per heavy atom. The Bertz CT molecular complexity index is 202. The van der Waals surface area contributed by atoms with E-state index in [9.17, 15) is 4.79 Å². The summed E-state index contributed by atoms with van der Waals surface area (Å²) in [7, 11) is 4.14. The number of thioether (sulfide) groups is 1. The van der Waals surface area contributed by atoms with Crippen LogP contribution in [0.5, 0.6) is 0 Å². The number of nitrogens with one attached hydrogen (secondary N) is 1. The number of hydrogen-bond donors (Lipinski definition) is 2. The first-order chi connectivity index (χ1) is 6.60. The van der Waals surface area contributed by atoms with Crippen LogP contribution in [0.25, 0.3) is 0 Å². The van der Waals surface area contributed by atoms with E-state index in [2.05, 4.69) is 24.3 Å². The monoisotopic (exact) mass is 217 g/mol. The smallest absolute Gasteiger partial charge is 0.233 e. The standard InChI is InChI=1S/C9H19N3OS/c1-12(2)9(3-4-14-7-9)6-11-8(13)5-10/h3-7,10H2,1-2H3,(H,11,13). The Hall–Kier alpha value is -0.260. The molecule has 1 aliphatic heterocycles. The first-order valence-electron chi connectivity index (χ1n) is 4.83. The summed E-state index contributed by atoms with van der Waals surface area (Å²) in [5, 5.41) is 2.88. The Labute approximate surface area is 89.6 Å². The van der Waals surface area contributed by atoms with E-state index < -0.39 is 0 Å². The first-order valence-corrected chi connectivity index (χ1v) is 5.98. The van der Waals surface area contributed by atoms with E-state index in [-0.39, 0.29) is 18.0 Å². The molecule has 0 bridgehead atoms. The van der Waals surface area contributed by atoms with Crippen LogP contribution < -0.4 is 11.1 Å². The second-order valence-electron chi connectivity index (χ2n) is 3.90. The molecule has 1 unspecified atom stereocenters. The van der Waals surface area contributed by atoms with Gasteiger partial charge in [-0.25, -0.2) is 0 Å². The Morgan fingerprint density at radius 3 is 2.79 bits per heavy atom. The summed E-state index contributed by atoms with van der Waals surface area (Å²) in [6.45, 7) is 0.791. The van der Waals surface area contributed by atoms with Crippen molar-refractivity contribution in [3.05, 3.63) is 0 Å². The molecule has 0 aliphatic carbocycles. The van der Waals surface area contributed by atoms with E-state index in [1.807, 2.05) is 11.8 Å². The Kier molecular flexibility index (Phi) is 4.22. The van der Waals surface area contributed by atoms with Crippen LogP contribution in [0.4, 0.5) is 0 Å². The zero-order chi connectivity index (χ0) is 10.6. The number of hydrogen-bond acceptors (Lipinski definition) is 4. The molecule has 0 spiro atoms. The van der Waals surface area contributed by atoms with E-state index in [0.717, 1.165) is 12.2 Å². The highest BCUT2D eigenvalue weighted by Gasteiger charge is 2.36. The van der Waals surface area contributed by atoms with Crippen molar-refractivity contribution in [2.75, 3.05) is 38.7 Å². The van der Waals surface area contributed by atoms with Gasteiger partial charge in [-0.15, -0.1) is 0 Å². The molecular weight excluding hydrogens is 198 g/mol. The molecule has 5 heteroatoms. The Morgan fingerprint density at radius 2 is 2.36 bits per heavy atom. The molecule has 4 nitrogen and oxygen atoms in total. The quantitative estimate of drug-likeness (QED) is 0.666. The number of rotatable bonds is 4. The summed E-state index contributed by atoms with van der Waals surface area (Å²) < 4.78 is 0. The molecule has 1 heterocycles. The summed E-state index contributed by atoms with van der Waals surface area (Å²) in [4.78, 5) is 13.3. The fourth-order valence-corrected chi connectivity index (χ4v) is 3.14. The van der Waals surface area contributed by atoms with Crippen LogP contribution >= 0.6 is 11.8 Å². The molecule has 3 N–H and O–H groups in total. The predicted molar refractivity (Wildman–Crippen MR) is 60.4 cm³/mol. The first kappa shape index (κ1) is 11.8. The molecule has 0 saturated carbocycles. The fraction of sp³-hybridized carbons (Fsp3) is 0.889. The lowest BCUT2D eigenvalue weighted by atomic mass is 9.97. The topological polar surface area (TPSA) is 58.4 Å². The zero-order valence-corrected chi connectivity index (χ0v) is 9.69. The third-order valence-electron chi connectivity index (χ3n) is 2.83. The van der Waals surface area contributed by atoms with Crippen LogP contribution in [0.15, 0.2) is 0 Å². The van der Waals surface area contributed by atoms with E-state index in [1.54, 1.807) is 0 Å². The SMILES string of the molecule is CN(C)C1(CNC(=O)CN)CCSC1. The number of likely N-dealkylation sites (N-methyl/N-ethyl adjacent to an activating group) is 1. The van der Waals surface area contributed by atoms with Crippen LogP contribution in [0.2, 0.25) is 0 Å². The number of carbonyl (C=O) groups is 1. The zero-order valence-electron chi connectivity index (χ0n) is 8.88. The summed E-state index contributed by atoms with van der Waals surface area (Å²) in [5.74, 6) is 2.20. The summed E-state index contributed by atoms with van der Waals surface area (Å²) in [6.07, 6.45) is 1.13. The highest BCUT2D eigenvalue weighted by Crippen LogP contribution is 2.31. The van der Waals surface area contributed by atoms with Crippen LogP contribution in [-0.4, -0.2) is 55.0 Å². The van der Waals surface area contributed by atoms with Gasteiger partial charge in [0.25, 0.3) is 0 Å². The third kappa shape index (κ3) is 2.62. The van der Waals surface area contributed by atoms with Gasteiger partial charge in [-0.3, -0.25) is 4.79 Å². The molecule has 82 valence electrons. The predicted octanol–water partition coefficient (Wildman–Crippen LogP) is -0.501. The molecule has 0 aromatic carbocycles. The summed E-state index contributed by atoms with van der Waals surface area (Å²) in [6, 6.07) is 0. The lowest BCUT2D eigenvalue weighted by Gasteiger charge is -2.35. The van der Waals surface area contributed by atoms with Crippen LogP contribution in [0.3, 0.4) is 0 Å². The molecule has 0 aromatic rings. The molecule has 1 saturated heterocycles. The maximum absolute atomic E-state index is 11.1. The van der Waals surface area contributed by atoms with Crippen molar-refractivity contribution in [1.29, 1.82) is 0 Å². The van der Waals surface area contributed by atoms with Gasteiger partial charge in [-0.1, -0.05) is 0 Å². The molecule has 14 heavy (non-hydrogen) atoms. The van der Waals surface area contributed by atoms with E-state index in [1.165, 1.54) is 5.75 Å². The summed E-state index contributed by atoms with van der Waals surface area (Å²) in [5.41, 5.74) is 5.38. The fourth-order valence-electron chi connectivity index (χ4n) is 1.58. The normalized spacial score (nSPS) is 26.9. The maximum Gasteiger partial charge on any atom is 0.233 e. The average molecular weight is 217 g/mol. The van der Waals surface area contributed by atoms with Crippen molar-refractivity contribution in [1.82, 2.24) is 10.2 Å².